The molecule has 0 atom stereocenters. The van der Waals surface area contributed by atoms with Gasteiger partial charge in [-0.25, -0.2) is 4.79 Å². The van der Waals surface area contributed by atoms with Crippen LogP contribution in [0.15, 0.2) is 24.3 Å². The maximum Gasteiger partial charge on any atom is 0.315 e. The van der Waals surface area contributed by atoms with Crippen molar-refractivity contribution in [2.24, 2.45) is 0 Å². The summed E-state index contributed by atoms with van der Waals surface area (Å²) in [6, 6.07) is 7.73. The van der Waals surface area contributed by atoms with Gasteiger partial charge in [-0.15, -0.1) is 0 Å². The van der Waals surface area contributed by atoms with Gasteiger partial charge in [-0.1, -0.05) is 12.1 Å². The number of carbonyl (C=O) groups is 2. The van der Waals surface area contributed by atoms with Crippen LogP contribution in [0.4, 0.5) is 10.5 Å². The first-order valence-corrected chi connectivity index (χ1v) is 7.50. The van der Waals surface area contributed by atoms with Crippen LogP contribution in [0, 0.1) is 0 Å². The highest BCUT2D eigenvalue weighted by Crippen LogP contribution is 2.21. The van der Waals surface area contributed by atoms with E-state index in [4.69, 9.17) is 0 Å². The average molecular weight is 289 g/mol. The number of rotatable bonds is 4. The van der Waals surface area contributed by atoms with E-state index in [1.807, 2.05) is 43.0 Å². The van der Waals surface area contributed by atoms with E-state index >= 15 is 0 Å². The van der Waals surface area contributed by atoms with Crippen molar-refractivity contribution in [2.45, 2.75) is 45.7 Å². The van der Waals surface area contributed by atoms with Gasteiger partial charge in [0.2, 0.25) is 5.91 Å². The van der Waals surface area contributed by atoms with E-state index in [-0.39, 0.29) is 18.0 Å². The van der Waals surface area contributed by atoms with Gasteiger partial charge in [0, 0.05) is 31.2 Å². The second-order valence-corrected chi connectivity index (χ2v) is 5.65. The van der Waals surface area contributed by atoms with Crippen LogP contribution in [0.1, 0.15) is 38.7 Å². The Kier molecular flexibility index (Phi) is 5.20. The minimum Gasteiger partial charge on any atom is -0.336 e. The van der Waals surface area contributed by atoms with Crippen LogP contribution in [0.2, 0.25) is 0 Å². The molecule has 2 rings (SSSR count). The molecule has 3 amide bonds. The number of amides is 3. The van der Waals surface area contributed by atoms with Crippen molar-refractivity contribution in [3.63, 3.8) is 0 Å². The number of piperidine rings is 1. The van der Waals surface area contributed by atoms with Crippen molar-refractivity contribution >= 4 is 17.6 Å². The number of benzene rings is 1. The third-order valence-electron chi connectivity index (χ3n) is 3.42. The van der Waals surface area contributed by atoms with Gasteiger partial charge in [0.1, 0.15) is 0 Å². The van der Waals surface area contributed by atoms with Gasteiger partial charge in [0.05, 0.1) is 0 Å². The molecule has 0 unspecified atom stereocenters. The Labute approximate surface area is 125 Å². The summed E-state index contributed by atoms with van der Waals surface area (Å²) in [6.45, 7) is 5.07. The highest BCUT2D eigenvalue weighted by molar-refractivity contribution is 5.94. The summed E-state index contributed by atoms with van der Waals surface area (Å²) in [4.78, 5) is 25.4. The average Bonchev–Trinajstić information content (AvgIpc) is 2.45. The molecule has 0 radical (unpaired) electrons. The maximum absolute atomic E-state index is 11.9. The van der Waals surface area contributed by atoms with Crippen molar-refractivity contribution < 1.29 is 9.59 Å². The van der Waals surface area contributed by atoms with Gasteiger partial charge in [-0.05, 0) is 44.4 Å². The molecule has 2 N–H and O–H groups in total. The number of nitrogens with one attached hydrogen (secondary N) is 2. The molecule has 21 heavy (non-hydrogen) atoms. The summed E-state index contributed by atoms with van der Waals surface area (Å²) in [5, 5.41) is 5.60. The Morgan fingerprint density at radius 2 is 2.14 bits per heavy atom. The van der Waals surface area contributed by atoms with Crippen molar-refractivity contribution in [1.29, 1.82) is 0 Å². The number of urea groups is 1. The van der Waals surface area contributed by atoms with Gasteiger partial charge in [-0.3, -0.25) is 4.79 Å². The Balaban J connectivity index is 1.97. The molecule has 1 saturated heterocycles. The van der Waals surface area contributed by atoms with Crippen LogP contribution in [0.25, 0.3) is 0 Å². The van der Waals surface area contributed by atoms with Gasteiger partial charge < -0.3 is 15.5 Å². The Morgan fingerprint density at radius 3 is 2.86 bits per heavy atom. The maximum atomic E-state index is 11.9. The normalized spacial score (nSPS) is 15.2. The molecule has 0 aliphatic carbocycles. The molecule has 5 heteroatoms. The second-order valence-electron chi connectivity index (χ2n) is 5.65. The van der Waals surface area contributed by atoms with Crippen LogP contribution >= 0.6 is 0 Å². The predicted molar refractivity (Wildman–Crippen MR) is 83.2 cm³/mol. The molecule has 0 saturated carbocycles. The molecule has 1 aliphatic rings. The van der Waals surface area contributed by atoms with Crippen molar-refractivity contribution in [3.05, 3.63) is 29.8 Å². The summed E-state index contributed by atoms with van der Waals surface area (Å²) in [5.41, 5.74) is 1.91. The van der Waals surface area contributed by atoms with Crippen LogP contribution in [-0.2, 0) is 11.3 Å². The number of hydrogen-bond acceptors (Lipinski definition) is 2. The van der Waals surface area contributed by atoms with Crippen LogP contribution < -0.4 is 15.5 Å². The Bertz CT molecular complexity index is 514. The van der Waals surface area contributed by atoms with E-state index in [2.05, 4.69) is 10.6 Å². The van der Waals surface area contributed by atoms with E-state index in [9.17, 15) is 9.59 Å². The highest BCUT2D eigenvalue weighted by atomic mass is 16.2. The van der Waals surface area contributed by atoms with Gasteiger partial charge in [0.25, 0.3) is 0 Å². The van der Waals surface area contributed by atoms with Crippen molar-refractivity contribution in [2.75, 3.05) is 11.4 Å². The lowest BCUT2D eigenvalue weighted by Gasteiger charge is -2.27. The third-order valence-corrected chi connectivity index (χ3v) is 3.42. The van der Waals surface area contributed by atoms with E-state index in [1.54, 1.807) is 0 Å². The first kappa shape index (κ1) is 15.4. The van der Waals surface area contributed by atoms with Gasteiger partial charge in [-0.2, -0.15) is 0 Å². The molecule has 114 valence electrons. The van der Waals surface area contributed by atoms with Gasteiger partial charge in [0.15, 0.2) is 0 Å². The summed E-state index contributed by atoms with van der Waals surface area (Å²) in [6.07, 6.45) is 2.65. The zero-order chi connectivity index (χ0) is 15.2. The van der Waals surface area contributed by atoms with Crippen LogP contribution in [-0.4, -0.2) is 24.5 Å². The minimum absolute atomic E-state index is 0.113. The lowest BCUT2D eigenvalue weighted by atomic mass is 10.1. The van der Waals surface area contributed by atoms with Crippen molar-refractivity contribution in [1.82, 2.24) is 10.6 Å². The number of nitrogens with zero attached hydrogens (tertiary/aromatic N) is 1. The van der Waals surface area contributed by atoms with E-state index in [0.29, 0.717) is 13.0 Å². The summed E-state index contributed by atoms with van der Waals surface area (Å²) in [7, 11) is 0. The third kappa shape index (κ3) is 4.48. The molecule has 0 spiro atoms. The number of carbonyl (C=O) groups excluding carboxylic acids is 2. The zero-order valence-electron chi connectivity index (χ0n) is 12.7. The van der Waals surface area contributed by atoms with Gasteiger partial charge >= 0.3 is 6.03 Å². The molecule has 1 aromatic carbocycles. The number of hydrogen-bond donors (Lipinski definition) is 2. The first-order chi connectivity index (χ1) is 10.1. The molecule has 0 aromatic heterocycles. The lowest BCUT2D eigenvalue weighted by molar-refractivity contribution is -0.119. The van der Waals surface area contributed by atoms with E-state index in [0.717, 1.165) is 30.6 Å². The monoisotopic (exact) mass is 289 g/mol. The van der Waals surface area contributed by atoms with E-state index in [1.165, 1.54) is 0 Å². The molecular weight excluding hydrogens is 266 g/mol. The van der Waals surface area contributed by atoms with Crippen LogP contribution in [0.3, 0.4) is 0 Å². The SMILES string of the molecule is CC(C)NC(=O)NCc1cccc(N2CCCCC2=O)c1. The minimum atomic E-state index is -0.176. The zero-order valence-corrected chi connectivity index (χ0v) is 12.7. The van der Waals surface area contributed by atoms with E-state index < -0.39 is 0 Å². The van der Waals surface area contributed by atoms with Crippen molar-refractivity contribution in [3.8, 4) is 0 Å². The fourth-order valence-corrected chi connectivity index (χ4v) is 2.41. The quantitative estimate of drug-likeness (QED) is 0.894. The highest BCUT2D eigenvalue weighted by Gasteiger charge is 2.19. The lowest BCUT2D eigenvalue weighted by Crippen LogP contribution is -2.39. The molecular formula is C16H23N3O2. The summed E-state index contributed by atoms with van der Waals surface area (Å²) >= 11 is 0. The second kappa shape index (κ2) is 7.11. The molecule has 1 aliphatic heterocycles. The fourth-order valence-electron chi connectivity index (χ4n) is 2.41. The largest absolute Gasteiger partial charge is 0.336 e. The standard InChI is InChI=1S/C16H23N3O2/c1-12(2)18-16(21)17-11-13-6-5-7-14(10-13)19-9-4-3-8-15(19)20/h5-7,10,12H,3-4,8-9,11H2,1-2H3,(H2,17,18,21). The Hall–Kier alpha value is -2.04. The predicted octanol–water partition coefficient (Wildman–Crippen LogP) is 2.41. The summed E-state index contributed by atoms with van der Waals surface area (Å²) < 4.78 is 0. The van der Waals surface area contributed by atoms with Crippen LogP contribution in [0.5, 0.6) is 0 Å². The Morgan fingerprint density at radius 1 is 1.33 bits per heavy atom. The number of anilines is 1. The topological polar surface area (TPSA) is 61.4 Å². The summed E-state index contributed by atoms with van der Waals surface area (Å²) in [5.74, 6) is 0.184. The molecule has 1 heterocycles. The molecule has 1 fully saturated rings. The molecule has 0 bridgehead atoms. The smallest absolute Gasteiger partial charge is 0.315 e. The molecule has 5 nitrogen and oxygen atoms in total. The fraction of sp³-hybridized carbons (Fsp3) is 0.500. The first-order valence-electron chi connectivity index (χ1n) is 7.50. The molecule has 1 aromatic rings.